The number of hydrogen-bond donors (Lipinski definition) is 1. The molecule has 3 rings (SSSR count). The molecule has 0 atom stereocenters. The lowest BCUT2D eigenvalue weighted by atomic mass is 10.2. The highest BCUT2D eigenvalue weighted by molar-refractivity contribution is 7.08. The molecule has 0 unspecified atom stereocenters. The normalized spacial score (nSPS) is 13.8. The molecule has 0 spiro atoms. The maximum absolute atomic E-state index is 12.2. The lowest BCUT2D eigenvalue weighted by Crippen LogP contribution is -2.24. The van der Waals surface area contributed by atoms with E-state index in [4.69, 9.17) is 0 Å². The Kier molecular flexibility index (Phi) is 1.97. The van der Waals surface area contributed by atoms with Crippen LogP contribution in [0.3, 0.4) is 0 Å². The largest absolute Gasteiger partial charge is 0.352 e. The fraction of sp³-hybridized carbons (Fsp3) is 0.0833. The first kappa shape index (κ1) is 9.42. The third-order valence-electron chi connectivity index (χ3n) is 2.73. The zero-order valence-corrected chi connectivity index (χ0v) is 9.54. The van der Waals surface area contributed by atoms with Gasteiger partial charge in [0.1, 0.15) is 0 Å². The molecule has 4 heteroatoms. The number of carbonyl (C=O) groups is 1. The Morgan fingerprint density at radius 2 is 2.00 bits per heavy atom. The summed E-state index contributed by atoms with van der Waals surface area (Å²) in [5.41, 5.74) is 3.51. The lowest BCUT2D eigenvalue weighted by molar-refractivity contribution is 0.0995. The second kappa shape index (κ2) is 3.35. The number of nitrogens with one attached hydrogen (secondary N) is 1. The Balaban J connectivity index is 2.23. The van der Waals surface area contributed by atoms with Gasteiger partial charge in [-0.15, -0.1) is 11.3 Å². The van der Waals surface area contributed by atoms with Gasteiger partial charge in [0.25, 0.3) is 5.91 Å². The van der Waals surface area contributed by atoms with Crippen molar-refractivity contribution in [3.05, 3.63) is 40.6 Å². The van der Waals surface area contributed by atoms with Gasteiger partial charge in [-0.05, 0) is 12.1 Å². The summed E-state index contributed by atoms with van der Waals surface area (Å²) in [6.45, 7) is 0. The van der Waals surface area contributed by atoms with Crippen molar-refractivity contribution in [1.82, 2.24) is 0 Å². The molecule has 0 saturated heterocycles. The van der Waals surface area contributed by atoms with Gasteiger partial charge in [0.15, 0.2) is 0 Å². The van der Waals surface area contributed by atoms with E-state index in [9.17, 15) is 4.79 Å². The molecule has 0 aliphatic carbocycles. The van der Waals surface area contributed by atoms with E-state index in [0.29, 0.717) is 0 Å². The molecule has 1 aromatic carbocycles. The predicted molar refractivity (Wildman–Crippen MR) is 66.8 cm³/mol. The van der Waals surface area contributed by atoms with Gasteiger partial charge in [-0.2, -0.15) is 0 Å². The Morgan fingerprint density at radius 3 is 2.88 bits per heavy atom. The van der Waals surface area contributed by atoms with E-state index in [2.05, 4.69) is 5.32 Å². The molecule has 1 N–H and O–H groups in total. The highest BCUT2D eigenvalue weighted by Crippen LogP contribution is 2.35. The molecule has 0 saturated carbocycles. The number of fused-ring (bicyclic) bond motifs is 2. The summed E-state index contributed by atoms with van der Waals surface area (Å²) in [6.07, 6.45) is 0. The van der Waals surface area contributed by atoms with Gasteiger partial charge in [-0.1, -0.05) is 12.1 Å². The molecule has 3 nitrogen and oxygen atoms in total. The van der Waals surface area contributed by atoms with Crippen molar-refractivity contribution in [3.63, 3.8) is 0 Å². The SMILES string of the molecule is CN1C(=O)c2cscc2Nc2ccccc21. The van der Waals surface area contributed by atoms with Gasteiger partial charge in [0, 0.05) is 17.8 Å². The fourth-order valence-electron chi connectivity index (χ4n) is 1.87. The van der Waals surface area contributed by atoms with Crippen LogP contribution in [-0.4, -0.2) is 13.0 Å². The molecule has 1 aliphatic heterocycles. The van der Waals surface area contributed by atoms with Crippen molar-refractivity contribution in [2.45, 2.75) is 0 Å². The number of hydrogen-bond acceptors (Lipinski definition) is 3. The third-order valence-corrected chi connectivity index (χ3v) is 3.48. The number of carbonyl (C=O) groups excluding carboxylic acids is 1. The second-order valence-electron chi connectivity index (χ2n) is 3.71. The van der Waals surface area contributed by atoms with Crippen molar-refractivity contribution < 1.29 is 4.79 Å². The number of amides is 1. The Hall–Kier alpha value is -1.81. The summed E-state index contributed by atoms with van der Waals surface area (Å²) in [7, 11) is 1.80. The van der Waals surface area contributed by atoms with Crippen LogP contribution in [0.15, 0.2) is 35.0 Å². The van der Waals surface area contributed by atoms with Crippen LogP contribution in [0, 0.1) is 0 Å². The van der Waals surface area contributed by atoms with Crippen LogP contribution in [0.1, 0.15) is 10.4 Å². The Bertz CT molecular complexity index is 562. The number of para-hydroxylation sites is 2. The van der Waals surface area contributed by atoms with Gasteiger partial charge >= 0.3 is 0 Å². The summed E-state index contributed by atoms with van der Waals surface area (Å²) < 4.78 is 0. The Morgan fingerprint density at radius 1 is 1.19 bits per heavy atom. The highest BCUT2D eigenvalue weighted by atomic mass is 32.1. The molecule has 2 heterocycles. The quantitative estimate of drug-likeness (QED) is 0.754. The molecule has 0 fully saturated rings. The molecular weight excluding hydrogens is 220 g/mol. The molecule has 1 amide bonds. The molecule has 0 radical (unpaired) electrons. The van der Waals surface area contributed by atoms with Crippen molar-refractivity contribution in [1.29, 1.82) is 0 Å². The molecule has 1 aromatic heterocycles. The molecule has 1 aliphatic rings. The second-order valence-corrected chi connectivity index (χ2v) is 4.45. The monoisotopic (exact) mass is 230 g/mol. The smallest absolute Gasteiger partial charge is 0.261 e. The number of benzene rings is 1. The summed E-state index contributed by atoms with van der Waals surface area (Å²) in [5, 5.41) is 7.14. The summed E-state index contributed by atoms with van der Waals surface area (Å²) in [4.78, 5) is 13.8. The van der Waals surface area contributed by atoms with Crippen molar-refractivity contribution in [2.24, 2.45) is 0 Å². The molecular formula is C12H10N2OS. The van der Waals surface area contributed by atoms with E-state index in [0.717, 1.165) is 22.6 Å². The maximum Gasteiger partial charge on any atom is 0.261 e. The molecule has 80 valence electrons. The maximum atomic E-state index is 12.2. The lowest BCUT2D eigenvalue weighted by Gasteiger charge is -2.16. The fourth-order valence-corrected chi connectivity index (χ4v) is 2.62. The van der Waals surface area contributed by atoms with Crippen LogP contribution in [0.25, 0.3) is 0 Å². The average molecular weight is 230 g/mol. The topological polar surface area (TPSA) is 32.3 Å². The number of thiophene rings is 1. The number of rotatable bonds is 0. The zero-order chi connectivity index (χ0) is 11.1. The Labute approximate surface area is 97.3 Å². The standard InChI is InChI=1S/C12H10N2OS/c1-14-11-5-3-2-4-9(11)13-10-7-16-6-8(10)12(14)15/h2-7,13H,1H3. The van der Waals surface area contributed by atoms with E-state index in [1.165, 1.54) is 11.3 Å². The minimum absolute atomic E-state index is 0.0358. The van der Waals surface area contributed by atoms with Crippen LogP contribution < -0.4 is 10.2 Å². The van der Waals surface area contributed by atoms with Gasteiger partial charge in [-0.25, -0.2) is 0 Å². The van der Waals surface area contributed by atoms with Crippen LogP contribution in [-0.2, 0) is 0 Å². The van der Waals surface area contributed by atoms with Crippen molar-refractivity contribution >= 4 is 34.3 Å². The molecule has 2 aromatic rings. The van der Waals surface area contributed by atoms with Crippen molar-refractivity contribution in [3.8, 4) is 0 Å². The van der Waals surface area contributed by atoms with E-state index in [1.807, 2.05) is 35.0 Å². The minimum Gasteiger partial charge on any atom is -0.352 e. The first-order valence-corrected chi connectivity index (χ1v) is 5.92. The summed E-state index contributed by atoms with van der Waals surface area (Å²) in [6, 6.07) is 7.81. The van der Waals surface area contributed by atoms with Crippen LogP contribution in [0.5, 0.6) is 0 Å². The summed E-state index contributed by atoms with van der Waals surface area (Å²) >= 11 is 1.54. The van der Waals surface area contributed by atoms with Gasteiger partial charge in [0.05, 0.1) is 22.6 Å². The summed E-state index contributed by atoms with van der Waals surface area (Å²) in [5.74, 6) is 0.0358. The number of anilines is 3. The third kappa shape index (κ3) is 1.23. The van der Waals surface area contributed by atoms with Crippen LogP contribution in [0.2, 0.25) is 0 Å². The number of nitrogens with zero attached hydrogens (tertiary/aromatic N) is 1. The van der Waals surface area contributed by atoms with E-state index >= 15 is 0 Å². The van der Waals surface area contributed by atoms with E-state index in [-0.39, 0.29) is 5.91 Å². The van der Waals surface area contributed by atoms with E-state index < -0.39 is 0 Å². The molecule has 16 heavy (non-hydrogen) atoms. The van der Waals surface area contributed by atoms with E-state index in [1.54, 1.807) is 11.9 Å². The zero-order valence-electron chi connectivity index (χ0n) is 8.73. The van der Waals surface area contributed by atoms with Crippen molar-refractivity contribution in [2.75, 3.05) is 17.3 Å². The average Bonchev–Trinajstić information content (AvgIpc) is 2.72. The van der Waals surface area contributed by atoms with Crippen LogP contribution >= 0.6 is 11.3 Å². The minimum atomic E-state index is 0.0358. The van der Waals surface area contributed by atoms with Gasteiger partial charge < -0.3 is 10.2 Å². The van der Waals surface area contributed by atoms with Gasteiger partial charge in [-0.3, -0.25) is 4.79 Å². The highest BCUT2D eigenvalue weighted by Gasteiger charge is 2.23. The molecule has 0 bridgehead atoms. The first-order valence-electron chi connectivity index (χ1n) is 4.97. The predicted octanol–water partition coefficient (Wildman–Crippen LogP) is 3.08. The first-order chi connectivity index (χ1) is 7.77. The van der Waals surface area contributed by atoms with Crippen LogP contribution in [0.4, 0.5) is 17.1 Å². The van der Waals surface area contributed by atoms with Gasteiger partial charge in [0.2, 0.25) is 0 Å².